The summed E-state index contributed by atoms with van der Waals surface area (Å²) in [6, 6.07) is 7.02. The molecular weight excluding hydrogens is 261 g/mol. The minimum Gasteiger partial charge on any atom is -0.481 e. The van der Waals surface area contributed by atoms with Crippen molar-refractivity contribution in [2.45, 2.75) is 25.4 Å². The summed E-state index contributed by atoms with van der Waals surface area (Å²) in [7, 11) is 0. The maximum atomic E-state index is 13.8. The standard InChI is InChI=1S/C14H16FN3O2/c15-12-7-10(8-18-11-2-3-11)1-4-13(12)20-9-14(19)17-6-5-16/h1,4,7,11,18H,2-3,6,8-9H2,(H,17,19). The number of nitriles is 1. The molecule has 1 amide bonds. The number of carbonyl (C=O) groups excluding carboxylic acids is 1. The van der Waals surface area contributed by atoms with Crippen LogP contribution in [-0.4, -0.2) is 25.1 Å². The Labute approximate surface area is 116 Å². The summed E-state index contributed by atoms with van der Waals surface area (Å²) in [5, 5.41) is 13.9. The van der Waals surface area contributed by atoms with Gasteiger partial charge in [-0.2, -0.15) is 5.26 Å². The lowest BCUT2D eigenvalue weighted by molar-refractivity contribution is -0.122. The molecule has 106 valence electrons. The van der Waals surface area contributed by atoms with Gasteiger partial charge in [-0.05, 0) is 30.5 Å². The normalized spacial score (nSPS) is 13.6. The van der Waals surface area contributed by atoms with Gasteiger partial charge in [0, 0.05) is 12.6 Å². The van der Waals surface area contributed by atoms with Gasteiger partial charge in [0.2, 0.25) is 0 Å². The number of hydrogen-bond donors (Lipinski definition) is 2. The Balaban J connectivity index is 1.82. The summed E-state index contributed by atoms with van der Waals surface area (Å²) in [6.45, 7) is 0.235. The zero-order valence-electron chi connectivity index (χ0n) is 11.0. The van der Waals surface area contributed by atoms with Gasteiger partial charge in [0.1, 0.15) is 6.54 Å². The van der Waals surface area contributed by atoms with E-state index in [0.717, 1.165) is 5.56 Å². The number of halogens is 1. The number of benzene rings is 1. The summed E-state index contributed by atoms with van der Waals surface area (Å²) in [5.41, 5.74) is 0.843. The predicted molar refractivity (Wildman–Crippen MR) is 70.4 cm³/mol. The second-order valence-electron chi connectivity index (χ2n) is 4.64. The molecule has 5 nitrogen and oxygen atoms in total. The average Bonchev–Trinajstić information content (AvgIpc) is 3.26. The molecule has 6 heteroatoms. The highest BCUT2D eigenvalue weighted by atomic mass is 19.1. The van der Waals surface area contributed by atoms with Crippen LogP contribution in [0.2, 0.25) is 0 Å². The second kappa shape index (κ2) is 6.87. The molecule has 0 aliphatic heterocycles. The number of hydrogen-bond acceptors (Lipinski definition) is 4. The van der Waals surface area contributed by atoms with E-state index in [4.69, 9.17) is 10.00 Å². The predicted octanol–water partition coefficient (Wildman–Crippen LogP) is 1.10. The third-order valence-electron chi connectivity index (χ3n) is 2.89. The number of nitrogens with zero attached hydrogens (tertiary/aromatic N) is 1. The first kappa shape index (κ1) is 14.3. The SMILES string of the molecule is N#CCNC(=O)COc1ccc(CNC2CC2)cc1F. The third kappa shape index (κ3) is 4.52. The van der Waals surface area contributed by atoms with E-state index in [0.29, 0.717) is 12.6 Å². The molecule has 0 aromatic heterocycles. The van der Waals surface area contributed by atoms with Crippen molar-refractivity contribution in [2.24, 2.45) is 0 Å². The van der Waals surface area contributed by atoms with Crippen LogP contribution in [0.15, 0.2) is 18.2 Å². The zero-order chi connectivity index (χ0) is 14.4. The van der Waals surface area contributed by atoms with Gasteiger partial charge in [-0.1, -0.05) is 6.07 Å². The summed E-state index contributed by atoms with van der Waals surface area (Å²) in [4.78, 5) is 11.2. The molecule has 0 unspecified atom stereocenters. The van der Waals surface area contributed by atoms with Gasteiger partial charge in [0.15, 0.2) is 18.2 Å². The van der Waals surface area contributed by atoms with Crippen LogP contribution in [0.3, 0.4) is 0 Å². The molecule has 0 saturated heterocycles. The number of nitrogens with one attached hydrogen (secondary N) is 2. The fourth-order valence-corrected chi connectivity index (χ4v) is 1.65. The van der Waals surface area contributed by atoms with Crippen molar-refractivity contribution in [3.63, 3.8) is 0 Å². The van der Waals surface area contributed by atoms with Crippen LogP contribution in [0.4, 0.5) is 4.39 Å². The molecule has 1 aromatic rings. The van der Waals surface area contributed by atoms with Gasteiger partial charge in [-0.3, -0.25) is 4.79 Å². The minimum atomic E-state index is -0.492. The molecule has 1 aliphatic rings. The number of rotatable bonds is 7. The molecule has 20 heavy (non-hydrogen) atoms. The Morgan fingerprint density at radius 1 is 1.50 bits per heavy atom. The van der Waals surface area contributed by atoms with Crippen LogP contribution in [-0.2, 0) is 11.3 Å². The lowest BCUT2D eigenvalue weighted by Crippen LogP contribution is -2.29. The van der Waals surface area contributed by atoms with Gasteiger partial charge in [0.05, 0.1) is 6.07 Å². The molecule has 1 aromatic carbocycles. The van der Waals surface area contributed by atoms with Crippen molar-refractivity contribution >= 4 is 5.91 Å². The van der Waals surface area contributed by atoms with Gasteiger partial charge >= 0.3 is 0 Å². The topological polar surface area (TPSA) is 74.2 Å². The quantitative estimate of drug-likeness (QED) is 0.732. The smallest absolute Gasteiger partial charge is 0.258 e. The first-order valence-electron chi connectivity index (χ1n) is 6.47. The summed E-state index contributed by atoms with van der Waals surface area (Å²) < 4.78 is 18.8. The fraction of sp³-hybridized carbons (Fsp3) is 0.429. The van der Waals surface area contributed by atoms with Gasteiger partial charge in [-0.25, -0.2) is 4.39 Å². The van der Waals surface area contributed by atoms with E-state index in [1.807, 2.05) is 0 Å². The van der Waals surface area contributed by atoms with Gasteiger partial charge < -0.3 is 15.4 Å². The summed E-state index contributed by atoms with van der Waals surface area (Å²) in [5.74, 6) is -0.911. The largest absolute Gasteiger partial charge is 0.481 e. The van der Waals surface area contributed by atoms with E-state index >= 15 is 0 Å². The Bertz CT molecular complexity index is 524. The first-order chi connectivity index (χ1) is 9.69. The van der Waals surface area contributed by atoms with Crippen LogP contribution in [0.25, 0.3) is 0 Å². The van der Waals surface area contributed by atoms with E-state index in [9.17, 15) is 9.18 Å². The molecule has 0 spiro atoms. The van der Waals surface area contributed by atoms with E-state index in [1.165, 1.54) is 25.0 Å². The Hall–Kier alpha value is -2.13. The minimum absolute atomic E-state index is 0.0345. The average molecular weight is 277 g/mol. The highest BCUT2D eigenvalue weighted by molar-refractivity contribution is 5.77. The molecule has 0 heterocycles. The monoisotopic (exact) mass is 277 g/mol. The maximum Gasteiger partial charge on any atom is 0.258 e. The molecule has 0 radical (unpaired) electrons. The molecule has 2 rings (SSSR count). The lowest BCUT2D eigenvalue weighted by atomic mass is 10.2. The fourth-order valence-electron chi connectivity index (χ4n) is 1.65. The molecule has 0 atom stereocenters. The van der Waals surface area contributed by atoms with E-state index in [-0.39, 0.29) is 18.9 Å². The zero-order valence-corrected chi connectivity index (χ0v) is 11.0. The molecule has 1 aliphatic carbocycles. The molecule has 1 saturated carbocycles. The van der Waals surface area contributed by atoms with E-state index < -0.39 is 11.7 Å². The third-order valence-corrected chi connectivity index (χ3v) is 2.89. The van der Waals surface area contributed by atoms with Crippen LogP contribution >= 0.6 is 0 Å². The number of amides is 1. The van der Waals surface area contributed by atoms with Gasteiger partial charge in [0.25, 0.3) is 5.91 Å². The second-order valence-corrected chi connectivity index (χ2v) is 4.64. The first-order valence-corrected chi connectivity index (χ1v) is 6.47. The van der Waals surface area contributed by atoms with E-state index in [1.54, 1.807) is 12.1 Å². The van der Waals surface area contributed by atoms with Gasteiger partial charge in [-0.15, -0.1) is 0 Å². The van der Waals surface area contributed by atoms with Crippen molar-refractivity contribution in [1.29, 1.82) is 5.26 Å². The number of ether oxygens (including phenoxy) is 1. The van der Waals surface area contributed by atoms with Crippen LogP contribution in [0, 0.1) is 17.1 Å². The molecule has 2 N–H and O–H groups in total. The highest BCUT2D eigenvalue weighted by Gasteiger charge is 2.20. The summed E-state index contributed by atoms with van der Waals surface area (Å²) >= 11 is 0. The Morgan fingerprint density at radius 2 is 2.30 bits per heavy atom. The molecule has 1 fully saturated rings. The van der Waals surface area contributed by atoms with Crippen molar-refractivity contribution < 1.29 is 13.9 Å². The molecule has 0 bridgehead atoms. The highest BCUT2D eigenvalue weighted by Crippen LogP contribution is 2.21. The van der Waals surface area contributed by atoms with Crippen molar-refractivity contribution in [1.82, 2.24) is 10.6 Å². The van der Waals surface area contributed by atoms with Crippen LogP contribution < -0.4 is 15.4 Å². The van der Waals surface area contributed by atoms with Crippen molar-refractivity contribution in [3.8, 4) is 11.8 Å². The number of carbonyl (C=O) groups is 1. The molecular formula is C14H16FN3O2. The Morgan fingerprint density at radius 3 is 2.95 bits per heavy atom. The summed E-state index contributed by atoms with van der Waals surface area (Å²) in [6.07, 6.45) is 2.36. The maximum absolute atomic E-state index is 13.8. The Kier molecular flexibility index (Phi) is 4.91. The van der Waals surface area contributed by atoms with Crippen molar-refractivity contribution in [2.75, 3.05) is 13.2 Å². The van der Waals surface area contributed by atoms with Crippen molar-refractivity contribution in [3.05, 3.63) is 29.6 Å². The van der Waals surface area contributed by atoms with Crippen LogP contribution in [0.5, 0.6) is 5.75 Å². The lowest BCUT2D eigenvalue weighted by Gasteiger charge is -2.09. The van der Waals surface area contributed by atoms with Crippen LogP contribution in [0.1, 0.15) is 18.4 Å². The van der Waals surface area contributed by atoms with E-state index in [2.05, 4.69) is 10.6 Å².